The van der Waals surface area contributed by atoms with Gasteiger partial charge in [-0.1, -0.05) is 24.3 Å². The largest absolute Gasteiger partial charge is 0.485 e. The molecule has 0 unspecified atom stereocenters. The molecule has 0 radical (unpaired) electrons. The summed E-state index contributed by atoms with van der Waals surface area (Å²) >= 11 is 0. The van der Waals surface area contributed by atoms with Gasteiger partial charge < -0.3 is 4.74 Å². The van der Waals surface area contributed by atoms with Gasteiger partial charge in [0.2, 0.25) is 10.0 Å². The third-order valence-corrected chi connectivity index (χ3v) is 7.10. The summed E-state index contributed by atoms with van der Waals surface area (Å²) in [5.74, 6) is -0.0502. The number of ketones is 1. The zero-order valence-electron chi connectivity index (χ0n) is 15.3. The number of halogens is 3. The second-order valence-corrected chi connectivity index (χ2v) is 9.38. The van der Waals surface area contributed by atoms with E-state index in [1.807, 2.05) is 0 Å². The molecule has 1 saturated heterocycles. The maximum Gasteiger partial charge on any atom is 0.416 e. The van der Waals surface area contributed by atoms with Crippen LogP contribution in [-0.4, -0.2) is 37.2 Å². The van der Waals surface area contributed by atoms with Crippen molar-refractivity contribution in [3.63, 3.8) is 0 Å². The Kier molecular flexibility index (Phi) is 4.70. The van der Waals surface area contributed by atoms with E-state index in [2.05, 4.69) is 0 Å². The summed E-state index contributed by atoms with van der Waals surface area (Å²) in [5, 5.41) is 0. The molecule has 0 saturated carbocycles. The van der Waals surface area contributed by atoms with Crippen LogP contribution in [0.5, 0.6) is 5.75 Å². The third kappa shape index (κ3) is 3.89. The van der Waals surface area contributed by atoms with Crippen LogP contribution in [0.1, 0.15) is 34.3 Å². The van der Waals surface area contributed by atoms with Crippen molar-refractivity contribution in [2.75, 3.05) is 13.1 Å². The van der Waals surface area contributed by atoms with Crippen LogP contribution in [0, 0.1) is 0 Å². The van der Waals surface area contributed by atoms with Crippen molar-refractivity contribution in [1.82, 2.24) is 4.31 Å². The van der Waals surface area contributed by atoms with Crippen molar-refractivity contribution in [3.8, 4) is 5.75 Å². The van der Waals surface area contributed by atoms with Crippen molar-refractivity contribution >= 4 is 15.8 Å². The molecule has 0 amide bonds. The van der Waals surface area contributed by atoms with Crippen molar-refractivity contribution in [3.05, 3.63) is 65.2 Å². The summed E-state index contributed by atoms with van der Waals surface area (Å²) in [6.45, 7) is 0.231. The molecule has 2 aliphatic heterocycles. The van der Waals surface area contributed by atoms with Crippen LogP contribution in [0.25, 0.3) is 0 Å². The monoisotopic (exact) mass is 425 g/mol. The van der Waals surface area contributed by atoms with E-state index in [9.17, 15) is 26.4 Å². The number of ether oxygens (including phenoxy) is 1. The predicted octanol–water partition coefficient (Wildman–Crippen LogP) is 3.65. The van der Waals surface area contributed by atoms with E-state index in [4.69, 9.17) is 4.74 Å². The molecule has 2 aromatic rings. The van der Waals surface area contributed by atoms with Gasteiger partial charge in [0.15, 0.2) is 5.78 Å². The molecular formula is C20H18F3NO4S. The molecule has 1 atom stereocenters. The first-order valence-electron chi connectivity index (χ1n) is 9.03. The molecular weight excluding hydrogens is 407 g/mol. The van der Waals surface area contributed by atoms with Crippen molar-refractivity contribution in [2.45, 2.75) is 30.4 Å². The predicted molar refractivity (Wildman–Crippen MR) is 99.0 cm³/mol. The lowest BCUT2D eigenvalue weighted by Gasteiger charge is -2.34. The van der Waals surface area contributed by atoms with Gasteiger partial charge in [0, 0.05) is 13.0 Å². The van der Waals surface area contributed by atoms with E-state index in [0.717, 1.165) is 12.1 Å². The number of hydrogen-bond donors (Lipinski definition) is 0. The van der Waals surface area contributed by atoms with E-state index in [1.54, 1.807) is 24.3 Å². The Morgan fingerprint density at radius 1 is 1.07 bits per heavy atom. The van der Waals surface area contributed by atoms with Gasteiger partial charge in [-0.05, 0) is 29.8 Å². The molecule has 29 heavy (non-hydrogen) atoms. The van der Waals surface area contributed by atoms with E-state index in [-0.39, 0.29) is 30.9 Å². The lowest BCUT2D eigenvalue weighted by atomic mass is 9.89. The summed E-state index contributed by atoms with van der Waals surface area (Å²) in [6.07, 6.45) is -4.00. The number of rotatable bonds is 3. The van der Waals surface area contributed by atoms with Gasteiger partial charge in [-0.15, -0.1) is 0 Å². The molecule has 154 valence electrons. The van der Waals surface area contributed by atoms with E-state index >= 15 is 0 Å². The summed E-state index contributed by atoms with van der Waals surface area (Å²) in [6, 6.07) is 10.9. The smallest absolute Gasteiger partial charge is 0.416 e. The van der Waals surface area contributed by atoms with Gasteiger partial charge in [-0.2, -0.15) is 17.5 Å². The fraction of sp³-hybridized carbons (Fsp3) is 0.350. The van der Waals surface area contributed by atoms with Gasteiger partial charge >= 0.3 is 6.18 Å². The zero-order chi connectivity index (χ0) is 20.9. The topological polar surface area (TPSA) is 63.7 Å². The maximum atomic E-state index is 12.8. The Morgan fingerprint density at radius 3 is 2.45 bits per heavy atom. The Hall–Kier alpha value is -2.39. The lowest BCUT2D eigenvalue weighted by molar-refractivity contribution is -0.137. The van der Waals surface area contributed by atoms with Crippen LogP contribution in [0.2, 0.25) is 0 Å². The summed E-state index contributed by atoms with van der Waals surface area (Å²) < 4.78 is 70.9. The number of Topliss-reactive ketones (excluding diaryl/α,β-unsaturated/α-hetero) is 1. The quantitative estimate of drug-likeness (QED) is 0.753. The first-order chi connectivity index (χ1) is 13.6. The molecule has 5 nitrogen and oxygen atoms in total. The number of carbonyl (C=O) groups excluding carboxylic acids is 1. The molecule has 2 aromatic carbocycles. The maximum absolute atomic E-state index is 12.8. The number of alkyl halides is 3. The Bertz CT molecular complexity index is 1050. The van der Waals surface area contributed by atoms with Crippen LogP contribution in [0.3, 0.4) is 0 Å². The van der Waals surface area contributed by atoms with Gasteiger partial charge in [-0.25, -0.2) is 8.42 Å². The highest BCUT2D eigenvalue weighted by Gasteiger charge is 2.48. The molecule has 9 heteroatoms. The van der Waals surface area contributed by atoms with Crippen LogP contribution in [-0.2, 0) is 22.0 Å². The first kappa shape index (κ1) is 19.9. The number of benzene rings is 2. The van der Waals surface area contributed by atoms with Gasteiger partial charge in [0.25, 0.3) is 0 Å². The van der Waals surface area contributed by atoms with Crippen molar-refractivity contribution < 1.29 is 31.1 Å². The summed E-state index contributed by atoms with van der Waals surface area (Å²) in [7, 11) is -3.77. The molecule has 0 aromatic heterocycles. The highest BCUT2D eigenvalue weighted by molar-refractivity contribution is 7.88. The second kappa shape index (κ2) is 6.84. The molecule has 0 N–H and O–H groups in total. The number of hydrogen-bond acceptors (Lipinski definition) is 4. The number of nitrogens with zero attached hydrogens (tertiary/aromatic N) is 1. The van der Waals surface area contributed by atoms with E-state index in [0.29, 0.717) is 17.7 Å². The number of para-hydroxylation sites is 1. The molecule has 1 spiro atoms. The molecule has 1 fully saturated rings. The minimum Gasteiger partial charge on any atom is -0.485 e. The van der Waals surface area contributed by atoms with Crippen LogP contribution in [0.4, 0.5) is 13.2 Å². The standard InChI is InChI=1S/C20H18F3NO4S/c21-20(22,23)15-7-5-14(6-8-15)12-29(26,27)24-10-9-19(13-24)11-17(25)16-3-1-2-4-18(16)28-19/h1-8H,9-13H2/t19-/m1/s1. The SMILES string of the molecule is O=C1C[C@@]2(CCN(S(=O)(=O)Cc3ccc(C(F)(F)F)cc3)C2)Oc2ccccc21. The Balaban J connectivity index is 1.49. The Labute approximate surface area is 166 Å². The third-order valence-electron chi connectivity index (χ3n) is 5.30. The number of carbonyl (C=O) groups is 1. The average molecular weight is 425 g/mol. The fourth-order valence-corrected chi connectivity index (χ4v) is 5.41. The van der Waals surface area contributed by atoms with Gasteiger partial charge in [0.1, 0.15) is 11.4 Å². The number of fused-ring (bicyclic) bond motifs is 1. The Morgan fingerprint density at radius 2 is 1.76 bits per heavy atom. The molecule has 2 heterocycles. The van der Waals surface area contributed by atoms with Crippen molar-refractivity contribution in [2.24, 2.45) is 0 Å². The van der Waals surface area contributed by atoms with E-state index < -0.39 is 33.1 Å². The highest BCUT2D eigenvalue weighted by Crippen LogP contribution is 2.39. The molecule has 2 aliphatic rings. The van der Waals surface area contributed by atoms with Crippen LogP contribution in [0.15, 0.2) is 48.5 Å². The highest BCUT2D eigenvalue weighted by atomic mass is 32.2. The number of sulfonamides is 1. The normalized spacial score (nSPS) is 22.5. The molecule has 0 bridgehead atoms. The molecule has 4 rings (SSSR count). The van der Waals surface area contributed by atoms with Crippen LogP contribution < -0.4 is 4.74 Å². The fourth-order valence-electron chi connectivity index (χ4n) is 3.81. The summed E-state index contributed by atoms with van der Waals surface area (Å²) in [5.41, 5.74) is -0.973. The van der Waals surface area contributed by atoms with E-state index in [1.165, 1.54) is 16.4 Å². The van der Waals surface area contributed by atoms with Gasteiger partial charge in [-0.3, -0.25) is 4.79 Å². The molecule has 0 aliphatic carbocycles. The second-order valence-electron chi connectivity index (χ2n) is 7.42. The lowest BCUT2D eigenvalue weighted by Crippen LogP contribution is -2.45. The minimum absolute atomic E-state index is 0.0377. The summed E-state index contributed by atoms with van der Waals surface area (Å²) in [4.78, 5) is 12.5. The minimum atomic E-state index is -4.47. The average Bonchev–Trinajstić information content (AvgIpc) is 3.05. The van der Waals surface area contributed by atoms with Crippen LogP contribution >= 0.6 is 0 Å². The van der Waals surface area contributed by atoms with Crippen molar-refractivity contribution in [1.29, 1.82) is 0 Å². The van der Waals surface area contributed by atoms with Gasteiger partial charge in [0.05, 0.1) is 29.8 Å². The zero-order valence-corrected chi connectivity index (χ0v) is 16.1. The first-order valence-corrected chi connectivity index (χ1v) is 10.6.